The predicted molar refractivity (Wildman–Crippen MR) is 102 cm³/mol. The van der Waals surface area contributed by atoms with Gasteiger partial charge in [0.2, 0.25) is 15.9 Å². The highest BCUT2D eigenvalue weighted by molar-refractivity contribution is 7.92. The zero-order valence-electron chi connectivity index (χ0n) is 14.6. The summed E-state index contributed by atoms with van der Waals surface area (Å²) >= 11 is 0. The molecule has 1 N–H and O–H groups in total. The lowest BCUT2D eigenvalue weighted by atomic mass is 10.1. The molecular weight excluding hydrogens is 336 g/mol. The molecule has 2 aromatic rings. The van der Waals surface area contributed by atoms with Gasteiger partial charge in [0.25, 0.3) is 0 Å². The van der Waals surface area contributed by atoms with Gasteiger partial charge in [-0.15, -0.1) is 0 Å². The molecule has 132 valence electrons. The van der Waals surface area contributed by atoms with E-state index in [9.17, 15) is 13.2 Å². The summed E-state index contributed by atoms with van der Waals surface area (Å²) in [5, 5.41) is 0. The summed E-state index contributed by atoms with van der Waals surface area (Å²) in [5.41, 5.74) is 3.57. The summed E-state index contributed by atoms with van der Waals surface area (Å²) in [6, 6.07) is 14.8. The Morgan fingerprint density at radius 3 is 2.36 bits per heavy atom. The van der Waals surface area contributed by atoms with Gasteiger partial charge < -0.3 is 4.90 Å². The number of hydrogen-bond donors (Lipinski definition) is 1. The van der Waals surface area contributed by atoms with Crippen LogP contribution in [0.2, 0.25) is 0 Å². The van der Waals surface area contributed by atoms with Crippen molar-refractivity contribution in [3.8, 4) is 0 Å². The lowest BCUT2D eigenvalue weighted by Crippen LogP contribution is -2.24. The number of nitrogens with zero attached hydrogens (tertiary/aromatic N) is 1. The van der Waals surface area contributed by atoms with Gasteiger partial charge in [-0.1, -0.05) is 36.4 Å². The molecule has 6 heteroatoms. The Hall–Kier alpha value is -2.60. The van der Waals surface area contributed by atoms with Crippen molar-refractivity contribution in [2.45, 2.75) is 13.5 Å². The fourth-order valence-electron chi connectivity index (χ4n) is 2.29. The summed E-state index contributed by atoms with van der Waals surface area (Å²) in [5.74, 6) is -0.0957. The van der Waals surface area contributed by atoms with Crippen molar-refractivity contribution in [1.82, 2.24) is 4.90 Å². The van der Waals surface area contributed by atoms with Crippen LogP contribution in [0.1, 0.15) is 16.7 Å². The molecule has 25 heavy (non-hydrogen) atoms. The van der Waals surface area contributed by atoms with E-state index in [0.29, 0.717) is 12.2 Å². The van der Waals surface area contributed by atoms with Crippen LogP contribution in [0.25, 0.3) is 6.08 Å². The first kappa shape index (κ1) is 18.7. The van der Waals surface area contributed by atoms with Crippen LogP contribution in [-0.2, 0) is 21.4 Å². The lowest BCUT2D eigenvalue weighted by molar-refractivity contribution is -0.125. The number of carbonyl (C=O) groups excluding carboxylic acids is 1. The van der Waals surface area contributed by atoms with Gasteiger partial charge in [-0.2, -0.15) is 0 Å². The third-order valence-electron chi connectivity index (χ3n) is 3.68. The molecule has 0 aliphatic heterocycles. The lowest BCUT2D eigenvalue weighted by Gasteiger charge is -2.16. The zero-order chi connectivity index (χ0) is 18.4. The molecule has 0 saturated heterocycles. The van der Waals surface area contributed by atoms with Crippen LogP contribution in [0, 0.1) is 6.92 Å². The molecule has 5 nitrogen and oxygen atoms in total. The van der Waals surface area contributed by atoms with Gasteiger partial charge >= 0.3 is 0 Å². The van der Waals surface area contributed by atoms with Crippen molar-refractivity contribution in [1.29, 1.82) is 0 Å². The largest absolute Gasteiger partial charge is 0.338 e. The third-order valence-corrected chi connectivity index (χ3v) is 4.28. The summed E-state index contributed by atoms with van der Waals surface area (Å²) in [4.78, 5) is 13.9. The first-order valence-electron chi connectivity index (χ1n) is 7.80. The topological polar surface area (TPSA) is 66.5 Å². The second kappa shape index (κ2) is 7.98. The zero-order valence-corrected chi connectivity index (χ0v) is 15.4. The number of nitrogens with one attached hydrogen (secondary N) is 1. The summed E-state index contributed by atoms with van der Waals surface area (Å²) in [6.07, 6.45) is 4.32. The van der Waals surface area contributed by atoms with Crippen molar-refractivity contribution in [2.75, 3.05) is 18.0 Å². The fraction of sp³-hybridized carbons (Fsp3) is 0.211. The Balaban J connectivity index is 1.98. The molecule has 0 aromatic heterocycles. The van der Waals surface area contributed by atoms with E-state index in [0.717, 1.165) is 22.9 Å². The van der Waals surface area contributed by atoms with Crippen LogP contribution >= 0.6 is 0 Å². The van der Waals surface area contributed by atoms with Crippen molar-refractivity contribution in [2.24, 2.45) is 0 Å². The van der Waals surface area contributed by atoms with E-state index in [1.165, 1.54) is 6.08 Å². The van der Waals surface area contributed by atoms with Crippen molar-refractivity contribution >= 4 is 27.7 Å². The van der Waals surface area contributed by atoms with Gasteiger partial charge in [0.1, 0.15) is 0 Å². The van der Waals surface area contributed by atoms with Crippen molar-refractivity contribution in [3.05, 3.63) is 71.3 Å². The molecule has 0 bridgehead atoms. The molecule has 0 heterocycles. The van der Waals surface area contributed by atoms with E-state index in [2.05, 4.69) is 4.72 Å². The SMILES string of the molecule is Cc1ccccc1CN(C)C(=O)/C=C/c1ccc(NS(C)(=O)=O)cc1. The van der Waals surface area contributed by atoms with Crippen molar-refractivity contribution in [3.63, 3.8) is 0 Å². The van der Waals surface area contributed by atoms with Gasteiger partial charge in [-0.25, -0.2) is 8.42 Å². The number of sulfonamides is 1. The second-order valence-electron chi connectivity index (χ2n) is 5.95. The smallest absolute Gasteiger partial charge is 0.246 e. The molecule has 1 amide bonds. The summed E-state index contributed by atoms with van der Waals surface area (Å²) in [6.45, 7) is 2.57. The monoisotopic (exact) mass is 358 g/mol. The van der Waals surface area contributed by atoms with Crippen LogP contribution in [0.4, 0.5) is 5.69 Å². The number of benzene rings is 2. The Kier molecular flexibility index (Phi) is 5.98. The molecule has 0 spiro atoms. The van der Waals surface area contributed by atoms with E-state index < -0.39 is 10.0 Å². The number of anilines is 1. The first-order chi connectivity index (χ1) is 11.7. The number of amides is 1. The highest BCUT2D eigenvalue weighted by Gasteiger charge is 2.07. The van der Waals surface area contributed by atoms with Gasteiger partial charge in [-0.3, -0.25) is 9.52 Å². The highest BCUT2D eigenvalue weighted by atomic mass is 32.2. The fourth-order valence-corrected chi connectivity index (χ4v) is 2.86. The van der Waals surface area contributed by atoms with Crippen LogP contribution in [0.5, 0.6) is 0 Å². The van der Waals surface area contributed by atoms with Gasteiger partial charge in [0.05, 0.1) is 6.26 Å². The average molecular weight is 358 g/mol. The Morgan fingerprint density at radius 2 is 1.76 bits per heavy atom. The Labute approximate surface area is 149 Å². The number of rotatable bonds is 6. The van der Waals surface area contributed by atoms with Crippen LogP contribution in [-0.4, -0.2) is 32.5 Å². The normalized spacial score (nSPS) is 11.5. The van der Waals surface area contributed by atoms with Gasteiger partial charge in [0.15, 0.2) is 0 Å². The average Bonchev–Trinajstić information content (AvgIpc) is 2.54. The van der Waals surface area contributed by atoms with Crippen LogP contribution < -0.4 is 4.72 Å². The predicted octanol–water partition coefficient (Wildman–Crippen LogP) is 3.04. The van der Waals surface area contributed by atoms with E-state index in [-0.39, 0.29) is 5.91 Å². The van der Waals surface area contributed by atoms with E-state index in [1.807, 2.05) is 31.2 Å². The maximum Gasteiger partial charge on any atom is 0.246 e. The van der Waals surface area contributed by atoms with Crippen LogP contribution in [0.15, 0.2) is 54.6 Å². The minimum Gasteiger partial charge on any atom is -0.338 e. The maximum atomic E-state index is 12.2. The quantitative estimate of drug-likeness (QED) is 0.807. The number of aryl methyl sites for hydroxylation is 1. The number of carbonyl (C=O) groups is 1. The summed E-state index contributed by atoms with van der Waals surface area (Å²) < 4.78 is 24.7. The Morgan fingerprint density at radius 1 is 1.12 bits per heavy atom. The molecular formula is C19H22N2O3S. The molecule has 2 aromatic carbocycles. The minimum absolute atomic E-state index is 0.0957. The molecule has 0 fully saturated rings. The molecule has 0 aliphatic carbocycles. The van der Waals surface area contributed by atoms with Gasteiger partial charge in [-0.05, 0) is 41.8 Å². The molecule has 0 atom stereocenters. The maximum absolute atomic E-state index is 12.2. The first-order valence-corrected chi connectivity index (χ1v) is 9.69. The van der Waals surface area contributed by atoms with E-state index in [1.54, 1.807) is 42.3 Å². The summed E-state index contributed by atoms with van der Waals surface area (Å²) in [7, 11) is -1.53. The third kappa shape index (κ3) is 6.08. The highest BCUT2D eigenvalue weighted by Crippen LogP contribution is 2.13. The molecule has 2 rings (SSSR count). The number of likely N-dealkylation sites (N-methyl/N-ethyl adjacent to an activating group) is 1. The molecule has 0 radical (unpaired) electrons. The molecule has 0 saturated carbocycles. The van der Waals surface area contributed by atoms with Crippen molar-refractivity contribution < 1.29 is 13.2 Å². The standard InChI is InChI=1S/C19H22N2O3S/c1-15-6-4-5-7-17(15)14-21(2)19(22)13-10-16-8-11-18(12-9-16)20-25(3,23)24/h4-13,20H,14H2,1-3H3/b13-10+. The van der Waals surface area contributed by atoms with E-state index in [4.69, 9.17) is 0 Å². The minimum atomic E-state index is -3.29. The number of hydrogen-bond acceptors (Lipinski definition) is 3. The van der Waals surface area contributed by atoms with E-state index >= 15 is 0 Å². The second-order valence-corrected chi connectivity index (χ2v) is 7.70. The van der Waals surface area contributed by atoms with Crippen LogP contribution in [0.3, 0.4) is 0 Å². The molecule has 0 unspecified atom stereocenters. The Bertz CT molecular complexity index is 872. The van der Waals surface area contributed by atoms with Gasteiger partial charge in [0, 0.05) is 25.4 Å². The molecule has 0 aliphatic rings.